The molecule has 5 nitrogen and oxygen atoms in total. The Morgan fingerprint density at radius 1 is 1.55 bits per heavy atom. The summed E-state index contributed by atoms with van der Waals surface area (Å²) in [5.41, 5.74) is 5.84. The number of anilines is 2. The van der Waals surface area contributed by atoms with Crippen LogP contribution >= 0.6 is 22.7 Å². The van der Waals surface area contributed by atoms with E-state index < -0.39 is 0 Å². The standard InChI is InChI=1S/C13H18N4OS2/c1-3-6-17(2)13-16-11(14)10(20-13)12(18)15-8-9-5-4-7-19-9/h4-5,7H,3,6,8,14H2,1-2H3,(H,15,18). The second-order valence-corrected chi connectivity index (χ2v) is 6.40. The zero-order valence-corrected chi connectivity index (χ0v) is 13.2. The van der Waals surface area contributed by atoms with Gasteiger partial charge in [-0.2, -0.15) is 0 Å². The highest BCUT2D eigenvalue weighted by molar-refractivity contribution is 7.18. The maximum Gasteiger partial charge on any atom is 0.265 e. The fraction of sp³-hybridized carbons (Fsp3) is 0.385. The van der Waals surface area contributed by atoms with E-state index in [1.807, 2.05) is 29.5 Å². The van der Waals surface area contributed by atoms with Gasteiger partial charge < -0.3 is 16.0 Å². The smallest absolute Gasteiger partial charge is 0.265 e. The Hall–Kier alpha value is -1.60. The summed E-state index contributed by atoms with van der Waals surface area (Å²) in [6.07, 6.45) is 1.02. The van der Waals surface area contributed by atoms with Gasteiger partial charge in [0.25, 0.3) is 5.91 Å². The van der Waals surface area contributed by atoms with Crippen LogP contribution < -0.4 is 16.0 Å². The van der Waals surface area contributed by atoms with Crippen molar-refractivity contribution in [3.63, 3.8) is 0 Å². The molecule has 0 aliphatic rings. The van der Waals surface area contributed by atoms with Gasteiger partial charge in [-0.15, -0.1) is 11.3 Å². The van der Waals surface area contributed by atoms with E-state index in [-0.39, 0.29) is 5.91 Å². The first-order chi connectivity index (χ1) is 9.61. The van der Waals surface area contributed by atoms with Crippen LogP contribution in [0.2, 0.25) is 0 Å². The summed E-state index contributed by atoms with van der Waals surface area (Å²) in [4.78, 5) is 20.0. The Balaban J connectivity index is 2.02. The third-order valence-electron chi connectivity index (χ3n) is 2.74. The number of aromatic nitrogens is 1. The highest BCUT2D eigenvalue weighted by Gasteiger charge is 2.17. The van der Waals surface area contributed by atoms with Crippen LogP contribution in [-0.2, 0) is 6.54 Å². The number of rotatable bonds is 6. The van der Waals surface area contributed by atoms with Crippen molar-refractivity contribution in [1.82, 2.24) is 10.3 Å². The molecule has 0 aliphatic carbocycles. The van der Waals surface area contributed by atoms with Gasteiger partial charge in [-0.3, -0.25) is 4.79 Å². The molecule has 0 radical (unpaired) electrons. The maximum absolute atomic E-state index is 12.1. The van der Waals surface area contributed by atoms with Gasteiger partial charge in [-0.25, -0.2) is 4.98 Å². The SMILES string of the molecule is CCCN(C)c1nc(N)c(C(=O)NCc2cccs2)s1. The van der Waals surface area contributed by atoms with E-state index in [2.05, 4.69) is 17.2 Å². The Morgan fingerprint density at radius 2 is 2.35 bits per heavy atom. The average molecular weight is 310 g/mol. The van der Waals surface area contributed by atoms with Crippen molar-refractivity contribution < 1.29 is 4.79 Å². The van der Waals surface area contributed by atoms with Crippen molar-refractivity contribution in [1.29, 1.82) is 0 Å². The molecule has 20 heavy (non-hydrogen) atoms. The molecule has 0 aliphatic heterocycles. The summed E-state index contributed by atoms with van der Waals surface area (Å²) < 4.78 is 0. The lowest BCUT2D eigenvalue weighted by atomic mass is 10.4. The summed E-state index contributed by atoms with van der Waals surface area (Å²) in [5.74, 6) is 0.140. The van der Waals surface area contributed by atoms with Crippen LogP contribution in [0.5, 0.6) is 0 Å². The molecule has 7 heteroatoms. The molecule has 2 aromatic rings. The molecule has 3 N–H and O–H groups in total. The predicted octanol–water partition coefficient (Wildman–Crippen LogP) is 2.56. The number of nitrogen functional groups attached to an aromatic ring is 1. The minimum Gasteiger partial charge on any atom is -0.382 e. The first-order valence-electron chi connectivity index (χ1n) is 6.39. The lowest BCUT2D eigenvalue weighted by Crippen LogP contribution is -2.22. The Kier molecular flexibility index (Phi) is 4.97. The molecule has 0 bridgehead atoms. The van der Waals surface area contributed by atoms with Gasteiger partial charge in [0, 0.05) is 18.5 Å². The Morgan fingerprint density at radius 3 is 3.00 bits per heavy atom. The number of carbonyl (C=O) groups excluding carboxylic acids is 1. The van der Waals surface area contributed by atoms with E-state index in [0.29, 0.717) is 17.2 Å². The van der Waals surface area contributed by atoms with Crippen LogP contribution in [0.1, 0.15) is 27.9 Å². The van der Waals surface area contributed by atoms with Gasteiger partial charge in [-0.1, -0.05) is 24.3 Å². The third kappa shape index (κ3) is 3.49. The first-order valence-corrected chi connectivity index (χ1v) is 8.09. The van der Waals surface area contributed by atoms with E-state index >= 15 is 0 Å². The molecule has 0 spiro atoms. The summed E-state index contributed by atoms with van der Waals surface area (Å²) in [6.45, 7) is 3.51. The molecule has 0 saturated heterocycles. The van der Waals surface area contributed by atoms with Crippen molar-refractivity contribution in [2.45, 2.75) is 19.9 Å². The number of carbonyl (C=O) groups is 1. The molecule has 2 aromatic heterocycles. The van der Waals surface area contributed by atoms with Gasteiger partial charge in [-0.05, 0) is 17.9 Å². The molecule has 0 unspecified atom stereocenters. The summed E-state index contributed by atoms with van der Waals surface area (Å²) in [7, 11) is 1.95. The fourth-order valence-corrected chi connectivity index (χ4v) is 3.27. The third-order valence-corrected chi connectivity index (χ3v) is 4.80. The molecule has 2 rings (SSSR count). The molecule has 0 saturated carbocycles. The summed E-state index contributed by atoms with van der Waals surface area (Å²) >= 11 is 2.95. The topological polar surface area (TPSA) is 71.2 Å². The van der Waals surface area contributed by atoms with E-state index in [1.165, 1.54) is 11.3 Å². The second-order valence-electron chi connectivity index (χ2n) is 4.39. The number of thiophene rings is 1. The minimum atomic E-state index is -0.162. The second kappa shape index (κ2) is 6.71. The van der Waals surface area contributed by atoms with Crippen molar-refractivity contribution in [3.05, 3.63) is 27.3 Å². The first kappa shape index (κ1) is 14.8. The van der Waals surface area contributed by atoms with Crippen LogP contribution in [-0.4, -0.2) is 24.5 Å². The van der Waals surface area contributed by atoms with Crippen molar-refractivity contribution in [2.75, 3.05) is 24.2 Å². The average Bonchev–Trinajstić information content (AvgIpc) is 3.05. The molecule has 0 aromatic carbocycles. The van der Waals surface area contributed by atoms with E-state index in [1.54, 1.807) is 11.3 Å². The number of nitrogens with zero attached hydrogens (tertiary/aromatic N) is 2. The normalized spacial score (nSPS) is 10.5. The maximum atomic E-state index is 12.1. The van der Waals surface area contributed by atoms with E-state index in [0.717, 1.165) is 23.0 Å². The quantitative estimate of drug-likeness (QED) is 0.860. The van der Waals surface area contributed by atoms with Crippen LogP contribution in [0, 0.1) is 0 Å². The van der Waals surface area contributed by atoms with Crippen LogP contribution in [0.15, 0.2) is 17.5 Å². The van der Waals surface area contributed by atoms with Crippen molar-refractivity contribution in [3.8, 4) is 0 Å². The Bertz CT molecular complexity index is 565. The lowest BCUT2D eigenvalue weighted by Gasteiger charge is -2.13. The van der Waals surface area contributed by atoms with E-state index in [9.17, 15) is 4.79 Å². The molecule has 1 amide bonds. The van der Waals surface area contributed by atoms with E-state index in [4.69, 9.17) is 5.73 Å². The van der Waals surface area contributed by atoms with Crippen molar-refractivity contribution in [2.24, 2.45) is 0 Å². The molecule has 0 atom stereocenters. The van der Waals surface area contributed by atoms with Crippen LogP contribution in [0.25, 0.3) is 0 Å². The Labute approximate surface area is 126 Å². The lowest BCUT2D eigenvalue weighted by molar-refractivity contribution is 0.0956. The molecular formula is C13H18N4OS2. The monoisotopic (exact) mass is 310 g/mol. The fourth-order valence-electron chi connectivity index (χ4n) is 1.74. The molecule has 2 heterocycles. The highest BCUT2D eigenvalue weighted by atomic mass is 32.1. The molecule has 108 valence electrons. The van der Waals surface area contributed by atoms with Crippen LogP contribution in [0.4, 0.5) is 10.9 Å². The summed E-state index contributed by atoms with van der Waals surface area (Å²) in [6, 6.07) is 3.95. The number of nitrogens with one attached hydrogen (secondary N) is 1. The van der Waals surface area contributed by atoms with Gasteiger partial charge in [0.15, 0.2) is 5.13 Å². The largest absolute Gasteiger partial charge is 0.382 e. The molecule has 0 fully saturated rings. The van der Waals surface area contributed by atoms with Gasteiger partial charge in [0.05, 0.1) is 6.54 Å². The number of nitrogens with two attached hydrogens (primary N) is 1. The minimum absolute atomic E-state index is 0.162. The van der Waals surface area contributed by atoms with Gasteiger partial charge in [0.1, 0.15) is 10.7 Å². The number of hydrogen-bond donors (Lipinski definition) is 2. The highest BCUT2D eigenvalue weighted by Crippen LogP contribution is 2.27. The van der Waals surface area contributed by atoms with Crippen LogP contribution in [0.3, 0.4) is 0 Å². The molecular weight excluding hydrogens is 292 g/mol. The number of hydrogen-bond acceptors (Lipinski definition) is 6. The predicted molar refractivity (Wildman–Crippen MR) is 85.6 cm³/mol. The summed E-state index contributed by atoms with van der Waals surface area (Å²) in [5, 5.41) is 5.64. The number of thiazole rings is 1. The zero-order valence-electron chi connectivity index (χ0n) is 11.5. The van der Waals surface area contributed by atoms with Crippen molar-refractivity contribution >= 4 is 39.5 Å². The van der Waals surface area contributed by atoms with Gasteiger partial charge >= 0.3 is 0 Å². The zero-order chi connectivity index (χ0) is 14.5. The number of amides is 1. The van der Waals surface area contributed by atoms with Gasteiger partial charge in [0.2, 0.25) is 0 Å².